The van der Waals surface area contributed by atoms with Crippen LogP contribution in [0.15, 0.2) is 62.7 Å². The molecule has 0 aliphatic carbocycles. The van der Waals surface area contributed by atoms with Gasteiger partial charge in [-0.2, -0.15) is 0 Å². The molecule has 0 fully saturated rings. The molecule has 1 heterocycles. The molecule has 1 aromatic heterocycles. The van der Waals surface area contributed by atoms with Gasteiger partial charge in [0.1, 0.15) is 0 Å². The van der Waals surface area contributed by atoms with E-state index in [-0.39, 0.29) is 28.5 Å². The molecule has 3 aromatic rings. The summed E-state index contributed by atoms with van der Waals surface area (Å²) in [6.45, 7) is 1.59. The van der Waals surface area contributed by atoms with E-state index in [4.69, 9.17) is 4.42 Å². The Morgan fingerprint density at radius 2 is 1.81 bits per heavy atom. The Morgan fingerprint density at radius 1 is 1.11 bits per heavy atom. The van der Waals surface area contributed by atoms with Gasteiger partial charge in [-0.3, -0.25) is 10.1 Å². The molecule has 1 amide bonds. The predicted octanol–water partition coefficient (Wildman–Crippen LogP) is 3.50. The number of anilines is 1. The maximum atomic E-state index is 12.4. The summed E-state index contributed by atoms with van der Waals surface area (Å²) in [6.07, 6.45) is 1.89. The monoisotopic (exact) mass is 403 g/mol. The lowest BCUT2D eigenvalue weighted by Crippen LogP contribution is -2.13. The molecule has 2 aromatic carbocycles. The molecule has 0 aliphatic heterocycles. The van der Waals surface area contributed by atoms with Crippen LogP contribution in [0.4, 0.5) is 6.01 Å². The third-order valence-corrected chi connectivity index (χ3v) is 6.38. The Labute approximate surface area is 161 Å². The highest BCUT2D eigenvalue weighted by Crippen LogP contribution is 2.24. The molecule has 27 heavy (non-hydrogen) atoms. The largest absolute Gasteiger partial charge is 0.403 e. The lowest BCUT2D eigenvalue weighted by Gasteiger charge is -2.05. The number of rotatable bonds is 6. The Balaban J connectivity index is 1.78. The zero-order chi connectivity index (χ0) is 19.4. The normalized spacial score (nSPS) is 11.3. The Bertz CT molecular complexity index is 1060. The molecule has 7 nitrogen and oxygen atoms in total. The summed E-state index contributed by atoms with van der Waals surface area (Å²) in [5.74, 6) is -0.135. The quantitative estimate of drug-likeness (QED) is 0.628. The van der Waals surface area contributed by atoms with Crippen molar-refractivity contribution in [2.75, 3.05) is 17.3 Å². The second-order valence-corrected chi connectivity index (χ2v) is 8.62. The number of amides is 1. The van der Waals surface area contributed by atoms with Crippen molar-refractivity contribution in [1.29, 1.82) is 0 Å². The van der Waals surface area contributed by atoms with Gasteiger partial charge in [0, 0.05) is 10.5 Å². The van der Waals surface area contributed by atoms with Crippen LogP contribution < -0.4 is 5.32 Å². The molecule has 0 spiro atoms. The number of carbonyl (C=O) groups is 1. The number of nitrogens with zero attached hydrogens (tertiary/aromatic N) is 2. The van der Waals surface area contributed by atoms with Crippen LogP contribution in [0.5, 0.6) is 0 Å². The van der Waals surface area contributed by atoms with Gasteiger partial charge in [-0.1, -0.05) is 24.2 Å². The fourth-order valence-electron chi connectivity index (χ4n) is 2.36. The van der Waals surface area contributed by atoms with Crippen molar-refractivity contribution >= 4 is 33.5 Å². The molecule has 0 atom stereocenters. The van der Waals surface area contributed by atoms with Crippen LogP contribution in [0, 0.1) is 0 Å². The molecule has 0 radical (unpaired) electrons. The van der Waals surface area contributed by atoms with Crippen molar-refractivity contribution < 1.29 is 17.6 Å². The first-order valence-corrected chi connectivity index (χ1v) is 10.9. The Morgan fingerprint density at radius 3 is 2.48 bits per heavy atom. The average molecular weight is 403 g/mol. The number of carbonyl (C=O) groups excluding carboxylic acids is 1. The number of hydrogen-bond donors (Lipinski definition) is 1. The molecular weight excluding hydrogens is 386 g/mol. The van der Waals surface area contributed by atoms with E-state index in [0.717, 1.165) is 4.90 Å². The van der Waals surface area contributed by atoms with E-state index in [1.807, 2.05) is 18.4 Å². The minimum Gasteiger partial charge on any atom is -0.403 e. The van der Waals surface area contributed by atoms with Crippen molar-refractivity contribution in [2.45, 2.75) is 16.7 Å². The highest BCUT2D eigenvalue weighted by molar-refractivity contribution is 7.98. The van der Waals surface area contributed by atoms with Crippen molar-refractivity contribution in [2.24, 2.45) is 0 Å². The maximum absolute atomic E-state index is 12.4. The SMILES string of the molecule is CCS(=O)(=O)c1ccc(-c2nnc(NC(=O)c3ccccc3SC)o2)cc1. The van der Waals surface area contributed by atoms with E-state index >= 15 is 0 Å². The highest BCUT2D eigenvalue weighted by atomic mass is 32.2. The van der Waals surface area contributed by atoms with Gasteiger partial charge in [0.05, 0.1) is 16.2 Å². The summed E-state index contributed by atoms with van der Waals surface area (Å²) >= 11 is 1.46. The fourth-order valence-corrected chi connectivity index (χ4v) is 3.84. The number of nitrogens with one attached hydrogen (secondary N) is 1. The van der Waals surface area contributed by atoms with Crippen LogP contribution in [0.25, 0.3) is 11.5 Å². The summed E-state index contributed by atoms with van der Waals surface area (Å²) < 4.78 is 29.2. The smallest absolute Gasteiger partial charge is 0.322 e. The Hall–Kier alpha value is -2.65. The highest BCUT2D eigenvalue weighted by Gasteiger charge is 2.16. The summed E-state index contributed by atoms with van der Waals surface area (Å²) in [7, 11) is -3.27. The standard InChI is InChI=1S/C18H17N3O4S2/c1-3-27(23,24)13-10-8-12(9-11-13)17-20-21-18(25-17)19-16(22)14-6-4-5-7-15(14)26-2/h4-11H,3H2,1-2H3,(H,19,21,22). The lowest BCUT2D eigenvalue weighted by molar-refractivity contribution is 0.102. The van der Waals surface area contributed by atoms with E-state index in [1.165, 1.54) is 23.9 Å². The first kappa shape index (κ1) is 19.1. The molecular formula is C18H17N3O4S2. The van der Waals surface area contributed by atoms with Crippen molar-refractivity contribution in [3.63, 3.8) is 0 Å². The third kappa shape index (κ3) is 4.20. The van der Waals surface area contributed by atoms with Crippen LogP contribution >= 0.6 is 11.8 Å². The summed E-state index contributed by atoms with van der Waals surface area (Å²) in [4.78, 5) is 13.5. The molecule has 0 saturated heterocycles. The maximum Gasteiger partial charge on any atom is 0.322 e. The first-order valence-electron chi connectivity index (χ1n) is 8.05. The van der Waals surface area contributed by atoms with Gasteiger partial charge in [0.25, 0.3) is 5.91 Å². The second kappa shape index (κ2) is 7.93. The van der Waals surface area contributed by atoms with Gasteiger partial charge in [0.2, 0.25) is 5.89 Å². The minimum absolute atomic E-state index is 0.0284. The fraction of sp³-hybridized carbons (Fsp3) is 0.167. The topological polar surface area (TPSA) is 102 Å². The number of benzene rings is 2. The molecule has 0 aliphatic rings. The van der Waals surface area contributed by atoms with Gasteiger partial charge in [-0.15, -0.1) is 16.9 Å². The summed E-state index contributed by atoms with van der Waals surface area (Å²) in [5, 5.41) is 10.3. The molecule has 9 heteroatoms. The molecule has 0 saturated carbocycles. The summed E-state index contributed by atoms with van der Waals surface area (Å²) in [6, 6.07) is 13.3. The van der Waals surface area contributed by atoms with Crippen LogP contribution in [0.3, 0.4) is 0 Å². The first-order chi connectivity index (χ1) is 12.9. The van der Waals surface area contributed by atoms with Gasteiger partial charge >= 0.3 is 6.01 Å². The van der Waals surface area contributed by atoms with E-state index in [0.29, 0.717) is 11.1 Å². The predicted molar refractivity (Wildman–Crippen MR) is 104 cm³/mol. The lowest BCUT2D eigenvalue weighted by atomic mass is 10.2. The Kier molecular flexibility index (Phi) is 5.62. The van der Waals surface area contributed by atoms with Crippen LogP contribution in [0.2, 0.25) is 0 Å². The van der Waals surface area contributed by atoms with Gasteiger partial charge < -0.3 is 4.42 Å². The van der Waals surface area contributed by atoms with Crippen LogP contribution in [-0.4, -0.2) is 36.5 Å². The van der Waals surface area contributed by atoms with Gasteiger partial charge in [-0.05, 0) is 42.7 Å². The molecule has 1 N–H and O–H groups in total. The second-order valence-electron chi connectivity index (χ2n) is 5.49. The van der Waals surface area contributed by atoms with E-state index in [1.54, 1.807) is 31.2 Å². The number of aromatic nitrogens is 2. The van der Waals surface area contributed by atoms with E-state index < -0.39 is 9.84 Å². The number of hydrogen-bond acceptors (Lipinski definition) is 7. The van der Waals surface area contributed by atoms with Gasteiger partial charge in [0.15, 0.2) is 9.84 Å². The molecule has 3 rings (SSSR count). The van der Waals surface area contributed by atoms with Gasteiger partial charge in [-0.25, -0.2) is 8.42 Å². The van der Waals surface area contributed by atoms with E-state index in [9.17, 15) is 13.2 Å². The minimum atomic E-state index is -3.27. The van der Waals surface area contributed by atoms with Crippen molar-refractivity contribution in [1.82, 2.24) is 10.2 Å². The van der Waals surface area contributed by atoms with Crippen LogP contribution in [-0.2, 0) is 9.84 Å². The third-order valence-electron chi connectivity index (χ3n) is 3.84. The number of thioether (sulfide) groups is 1. The van der Waals surface area contributed by atoms with Crippen LogP contribution in [0.1, 0.15) is 17.3 Å². The molecule has 0 bridgehead atoms. The average Bonchev–Trinajstić information content (AvgIpc) is 3.16. The summed E-state index contributed by atoms with van der Waals surface area (Å²) in [5.41, 5.74) is 1.07. The van der Waals surface area contributed by atoms with Crippen molar-refractivity contribution in [3.05, 3.63) is 54.1 Å². The number of sulfone groups is 1. The zero-order valence-electron chi connectivity index (χ0n) is 14.7. The van der Waals surface area contributed by atoms with Crippen molar-refractivity contribution in [3.8, 4) is 11.5 Å². The van der Waals surface area contributed by atoms with E-state index in [2.05, 4.69) is 15.5 Å². The molecule has 0 unspecified atom stereocenters. The zero-order valence-corrected chi connectivity index (χ0v) is 16.3. The molecule has 140 valence electrons.